The van der Waals surface area contributed by atoms with Crippen molar-refractivity contribution in [2.45, 2.75) is 13.5 Å². The summed E-state index contributed by atoms with van der Waals surface area (Å²) in [5, 5.41) is 10.3. The van der Waals surface area contributed by atoms with E-state index in [2.05, 4.69) is 60.6 Å². The topological polar surface area (TPSA) is 82.0 Å². The van der Waals surface area contributed by atoms with E-state index in [0.717, 1.165) is 47.5 Å². The molecule has 9 heteroatoms. The van der Waals surface area contributed by atoms with Crippen LogP contribution in [0.5, 0.6) is 0 Å². The zero-order valence-electron chi connectivity index (χ0n) is 20.9. The molecule has 0 bridgehead atoms. The van der Waals surface area contributed by atoms with Gasteiger partial charge in [-0.3, -0.25) is 9.59 Å². The molecule has 5 rings (SSSR count). The van der Waals surface area contributed by atoms with Crippen molar-refractivity contribution in [1.29, 1.82) is 0 Å². The van der Waals surface area contributed by atoms with Gasteiger partial charge >= 0.3 is 0 Å². The lowest BCUT2D eigenvalue weighted by Crippen LogP contribution is -2.45. The van der Waals surface area contributed by atoms with Gasteiger partial charge in [-0.05, 0) is 71.4 Å². The van der Waals surface area contributed by atoms with Crippen molar-refractivity contribution >= 4 is 44.6 Å². The summed E-state index contributed by atoms with van der Waals surface area (Å²) < 4.78 is 2.52. The fourth-order valence-electron chi connectivity index (χ4n) is 4.52. The molecular formula is C28H29BrN6O2. The molecule has 37 heavy (non-hydrogen) atoms. The fraction of sp³-hybridized carbons (Fsp3) is 0.250. The zero-order chi connectivity index (χ0) is 25.9. The number of aryl methyl sites for hydroxylation is 1. The highest BCUT2D eigenvalue weighted by Crippen LogP contribution is 2.23. The number of fused-ring (bicyclic) bond motifs is 1. The van der Waals surface area contributed by atoms with Crippen molar-refractivity contribution in [2.75, 3.05) is 43.4 Å². The Bertz CT molecular complexity index is 1460. The Kier molecular flexibility index (Phi) is 7.25. The number of amides is 2. The van der Waals surface area contributed by atoms with E-state index in [4.69, 9.17) is 0 Å². The number of benzene rings is 2. The number of rotatable bonds is 6. The molecule has 2 amide bonds. The van der Waals surface area contributed by atoms with Crippen LogP contribution in [0, 0.1) is 6.92 Å². The predicted molar refractivity (Wildman–Crippen MR) is 149 cm³/mol. The highest BCUT2D eigenvalue weighted by atomic mass is 79.9. The highest BCUT2D eigenvalue weighted by molar-refractivity contribution is 9.10. The summed E-state index contributed by atoms with van der Waals surface area (Å²) in [7, 11) is 2.14. The Balaban J connectivity index is 1.28. The van der Waals surface area contributed by atoms with E-state index in [1.54, 1.807) is 29.0 Å². The van der Waals surface area contributed by atoms with Gasteiger partial charge in [0.25, 0.3) is 11.8 Å². The van der Waals surface area contributed by atoms with Crippen LogP contribution < -0.4 is 15.5 Å². The van der Waals surface area contributed by atoms with Crippen molar-refractivity contribution in [1.82, 2.24) is 19.8 Å². The van der Waals surface area contributed by atoms with E-state index < -0.39 is 0 Å². The van der Waals surface area contributed by atoms with E-state index >= 15 is 0 Å². The van der Waals surface area contributed by atoms with Gasteiger partial charge in [0.15, 0.2) is 0 Å². The molecule has 0 atom stereocenters. The lowest BCUT2D eigenvalue weighted by Gasteiger charge is -2.35. The third-order valence-corrected chi connectivity index (χ3v) is 7.22. The van der Waals surface area contributed by atoms with E-state index in [9.17, 15) is 9.59 Å². The standard InChI is InChI=1S/C28H29BrN6O2/c1-19-7-8-20(15-24(19)32-28(37)23-17-31-35-18-22(29)9-10-26(23)35)27(36)30-16-21-5-3-4-6-25(21)34-13-11-33(2)12-14-34/h3-10,15,17-18H,11-14,16H2,1-2H3,(H,30,36)(H,32,37). The number of hydrogen-bond acceptors (Lipinski definition) is 5. The van der Waals surface area contributed by atoms with Gasteiger partial charge in [-0.1, -0.05) is 24.3 Å². The second kappa shape index (κ2) is 10.7. The summed E-state index contributed by atoms with van der Waals surface area (Å²) >= 11 is 3.41. The molecule has 2 aromatic carbocycles. The number of piperazine rings is 1. The van der Waals surface area contributed by atoms with E-state index in [1.165, 1.54) is 0 Å². The molecule has 190 valence electrons. The summed E-state index contributed by atoms with van der Waals surface area (Å²) in [5.74, 6) is -0.469. The number of carbonyl (C=O) groups is 2. The number of nitrogens with zero attached hydrogens (tertiary/aromatic N) is 4. The maximum Gasteiger partial charge on any atom is 0.259 e. The second-order valence-electron chi connectivity index (χ2n) is 9.32. The summed E-state index contributed by atoms with van der Waals surface area (Å²) in [4.78, 5) is 30.8. The van der Waals surface area contributed by atoms with Gasteiger partial charge in [-0.25, -0.2) is 4.52 Å². The number of halogens is 1. The van der Waals surface area contributed by atoms with Crippen LogP contribution in [-0.2, 0) is 6.54 Å². The first-order chi connectivity index (χ1) is 17.9. The normalized spacial score (nSPS) is 14.1. The molecule has 0 unspecified atom stereocenters. The maximum atomic E-state index is 13.1. The SMILES string of the molecule is Cc1ccc(C(=O)NCc2ccccc2N2CCN(C)CC2)cc1NC(=O)c1cnn2cc(Br)ccc12. The van der Waals surface area contributed by atoms with Gasteiger partial charge in [0, 0.05) is 60.3 Å². The highest BCUT2D eigenvalue weighted by Gasteiger charge is 2.18. The van der Waals surface area contributed by atoms with E-state index in [1.807, 2.05) is 37.3 Å². The van der Waals surface area contributed by atoms with Crippen molar-refractivity contribution in [3.8, 4) is 0 Å². The molecule has 4 aromatic rings. The summed E-state index contributed by atoms with van der Waals surface area (Å²) in [5.41, 5.74) is 5.35. The maximum absolute atomic E-state index is 13.1. The van der Waals surface area contributed by atoms with E-state index in [0.29, 0.717) is 28.9 Å². The average molecular weight is 561 g/mol. The minimum Gasteiger partial charge on any atom is -0.369 e. The number of carbonyl (C=O) groups excluding carboxylic acids is 2. The Morgan fingerprint density at radius 1 is 1.00 bits per heavy atom. The van der Waals surface area contributed by atoms with Gasteiger partial charge < -0.3 is 20.4 Å². The molecule has 2 aromatic heterocycles. The van der Waals surface area contributed by atoms with Crippen LogP contribution in [0.2, 0.25) is 0 Å². The van der Waals surface area contributed by atoms with Crippen molar-refractivity contribution < 1.29 is 9.59 Å². The summed E-state index contributed by atoms with van der Waals surface area (Å²) in [6, 6.07) is 17.3. The number of anilines is 2. The molecule has 1 aliphatic rings. The molecule has 8 nitrogen and oxygen atoms in total. The predicted octanol–water partition coefficient (Wildman–Crippen LogP) is 4.34. The van der Waals surface area contributed by atoms with Crippen molar-refractivity contribution in [3.63, 3.8) is 0 Å². The largest absolute Gasteiger partial charge is 0.369 e. The van der Waals surface area contributed by atoms with Crippen LogP contribution in [0.25, 0.3) is 5.52 Å². The number of pyridine rings is 1. The fourth-order valence-corrected chi connectivity index (χ4v) is 4.84. The minimum atomic E-state index is -0.279. The molecule has 0 aliphatic carbocycles. The Labute approximate surface area is 224 Å². The van der Waals surface area contributed by atoms with Crippen LogP contribution in [-0.4, -0.2) is 59.6 Å². The third kappa shape index (κ3) is 5.52. The van der Waals surface area contributed by atoms with Crippen LogP contribution >= 0.6 is 15.9 Å². The first kappa shape index (κ1) is 25.0. The number of aromatic nitrogens is 2. The lowest BCUT2D eigenvalue weighted by molar-refractivity contribution is 0.0949. The molecule has 1 aliphatic heterocycles. The first-order valence-electron chi connectivity index (χ1n) is 12.2. The monoisotopic (exact) mass is 560 g/mol. The Hall–Kier alpha value is -3.69. The first-order valence-corrected chi connectivity index (χ1v) is 13.0. The molecule has 3 heterocycles. The Morgan fingerprint density at radius 2 is 1.78 bits per heavy atom. The molecule has 0 spiro atoms. The van der Waals surface area contributed by atoms with Crippen LogP contribution in [0.3, 0.4) is 0 Å². The third-order valence-electron chi connectivity index (χ3n) is 6.75. The van der Waals surface area contributed by atoms with Crippen LogP contribution in [0.1, 0.15) is 31.8 Å². The molecular weight excluding hydrogens is 532 g/mol. The molecule has 0 radical (unpaired) electrons. The van der Waals surface area contributed by atoms with E-state index in [-0.39, 0.29) is 11.8 Å². The second-order valence-corrected chi connectivity index (χ2v) is 10.2. The van der Waals surface area contributed by atoms with Gasteiger partial charge in [0.05, 0.1) is 17.3 Å². The lowest BCUT2D eigenvalue weighted by atomic mass is 10.1. The molecule has 1 fully saturated rings. The molecule has 1 saturated heterocycles. The number of likely N-dealkylation sites (N-methyl/N-ethyl adjacent to an activating group) is 1. The molecule has 0 saturated carbocycles. The number of hydrogen-bond donors (Lipinski definition) is 2. The van der Waals surface area contributed by atoms with Gasteiger partial charge in [-0.15, -0.1) is 0 Å². The van der Waals surface area contributed by atoms with Crippen molar-refractivity contribution in [2.24, 2.45) is 0 Å². The summed E-state index contributed by atoms with van der Waals surface area (Å²) in [6.45, 7) is 6.29. The van der Waals surface area contributed by atoms with Gasteiger partial charge in [0.2, 0.25) is 0 Å². The average Bonchev–Trinajstić information content (AvgIpc) is 3.32. The van der Waals surface area contributed by atoms with Crippen LogP contribution in [0.4, 0.5) is 11.4 Å². The number of nitrogens with one attached hydrogen (secondary N) is 2. The zero-order valence-corrected chi connectivity index (χ0v) is 22.5. The smallest absolute Gasteiger partial charge is 0.259 e. The van der Waals surface area contributed by atoms with Gasteiger partial charge in [-0.2, -0.15) is 5.10 Å². The minimum absolute atomic E-state index is 0.190. The number of para-hydroxylation sites is 1. The molecule has 2 N–H and O–H groups in total. The Morgan fingerprint density at radius 3 is 2.59 bits per heavy atom. The summed E-state index contributed by atoms with van der Waals surface area (Å²) in [6.07, 6.45) is 3.34. The van der Waals surface area contributed by atoms with Crippen LogP contribution in [0.15, 0.2) is 71.5 Å². The van der Waals surface area contributed by atoms with Gasteiger partial charge in [0.1, 0.15) is 0 Å². The van der Waals surface area contributed by atoms with Crippen molar-refractivity contribution in [3.05, 3.63) is 93.7 Å². The quantitative estimate of drug-likeness (QED) is 0.366.